The number of halogens is 3. The first-order valence-corrected chi connectivity index (χ1v) is 8.73. The number of nitrogen functional groups attached to an aromatic ring is 1. The minimum absolute atomic E-state index is 0.00480. The van der Waals surface area contributed by atoms with Gasteiger partial charge in [0.15, 0.2) is 0 Å². The summed E-state index contributed by atoms with van der Waals surface area (Å²) >= 11 is 0. The minimum atomic E-state index is -4.51. The molecule has 0 saturated carbocycles. The van der Waals surface area contributed by atoms with Crippen molar-refractivity contribution in [2.75, 3.05) is 17.2 Å². The molecule has 3 N–H and O–H groups in total. The van der Waals surface area contributed by atoms with Crippen LogP contribution in [0.3, 0.4) is 0 Å². The van der Waals surface area contributed by atoms with E-state index in [1.807, 2.05) is 6.92 Å². The molecule has 0 unspecified atom stereocenters. The summed E-state index contributed by atoms with van der Waals surface area (Å²) in [7, 11) is 0. The highest BCUT2D eigenvalue weighted by Crippen LogP contribution is 2.33. The molecule has 1 heterocycles. The fraction of sp³-hybridized carbons (Fsp3) is 0.444. The van der Waals surface area contributed by atoms with E-state index in [1.165, 1.54) is 27.7 Å². The Bertz CT molecular complexity index is 903. The zero-order valence-electron chi connectivity index (χ0n) is 15.3. The lowest BCUT2D eigenvalue weighted by Gasteiger charge is -2.26. The van der Waals surface area contributed by atoms with E-state index in [4.69, 9.17) is 5.73 Å². The standard InChI is InChI=1S/C18H23F3N4O2/c1-3-5-10-25-15(22)14(16(26)23-17(25)27)24(4-2)11-12-8-6-7-9-13(12)18(19,20)21/h6-9H,3-5,10-11,22H2,1-2H3,(H,23,26,27). The van der Waals surface area contributed by atoms with Crippen molar-refractivity contribution in [2.24, 2.45) is 0 Å². The molecule has 9 heteroatoms. The molecule has 0 aliphatic carbocycles. The Labute approximate surface area is 154 Å². The van der Waals surface area contributed by atoms with Gasteiger partial charge in [-0.05, 0) is 25.0 Å². The number of nitrogens with two attached hydrogens (primary N) is 1. The van der Waals surface area contributed by atoms with Gasteiger partial charge in [0.1, 0.15) is 11.5 Å². The van der Waals surface area contributed by atoms with Gasteiger partial charge in [0.25, 0.3) is 5.56 Å². The predicted molar refractivity (Wildman–Crippen MR) is 98.8 cm³/mol. The molecule has 0 aliphatic rings. The van der Waals surface area contributed by atoms with Gasteiger partial charge in [-0.2, -0.15) is 13.2 Å². The Morgan fingerprint density at radius 2 is 1.85 bits per heavy atom. The van der Waals surface area contributed by atoms with Crippen LogP contribution >= 0.6 is 0 Å². The van der Waals surface area contributed by atoms with Crippen molar-refractivity contribution < 1.29 is 13.2 Å². The molecule has 0 aliphatic heterocycles. The quantitative estimate of drug-likeness (QED) is 0.769. The van der Waals surface area contributed by atoms with Gasteiger partial charge in [-0.25, -0.2) is 4.79 Å². The summed E-state index contributed by atoms with van der Waals surface area (Å²) in [5.74, 6) is -0.0384. The van der Waals surface area contributed by atoms with E-state index in [1.54, 1.807) is 6.92 Å². The highest BCUT2D eigenvalue weighted by Gasteiger charge is 2.33. The molecule has 0 atom stereocenters. The number of aromatic amines is 1. The van der Waals surface area contributed by atoms with E-state index in [2.05, 4.69) is 4.98 Å². The summed E-state index contributed by atoms with van der Waals surface area (Å²) in [6.07, 6.45) is -3.01. The van der Waals surface area contributed by atoms with Crippen molar-refractivity contribution in [2.45, 2.75) is 46.0 Å². The summed E-state index contributed by atoms with van der Waals surface area (Å²) in [5, 5.41) is 0. The summed E-state index contributed by atoms with van der Waals surface area (Å²) in [6.45, 7) is 4.05. The Morgan fingerprint density at radius 3 is 2.44 bits per heavy atom. The van der Waals surface area contributed by atoms with Gasteiger partial charge in [-0.1, -0.05) is 31.5 Å². The van der Waals surface area contributed by atoms with E-state index in [0.717, 1.165) is 12.5 Å². The van der Waals surface area contributed by atoms with E-state index < -0.39 is 23.0 Å². The molecular weight excluding hydrogens is 361 g/mol. The number of anilines is 2. The number of alkyl halides is 3. The molecule has 2 aromatic rings. The first-order valence-electron chi connectivity index (χ1n) is 8.73. The molecule has 148 valence electrons. The maximum atomic E-state index is 13.3. The monoisotopic (exact) mass is 384 g/mol. The highest BCUT2D eigenvalue weighted by atomic mass is 19.4. The maximum absolute atomic E-state index is 13.3. The number of hydrogen-bond acceptors (Lipinski definition) is 4. The molecule has 0 radical (unpaired) electrons. The molecule has 0 fully saturated rings. The molecular formula is C18H23F3N4O2. The van der Waals surface area contributed by atoms with E-state index in [0.29, 0.717) is 13.0 Å². The van der Waals surface area contributed by atoms with Crippen LogP contribution in [0, 0.1) is 0 Å². The molecule has 1 aromatic carbocycles. The zero-order chi connectivity index (χ0) is 20.2. The smallest absolute Gasteiger partial charge is 0.383 e. The van der Waals surface area contributed by atoms with Crippen LogP contribution in [-0.4, -0.2) is 16.1 Å². The van der Waals surface area contributed by atoms with Crippen molar-refractivity contribution in [1.82, 2.24) is 9.55 Å². The molecule has 1 aromatic heterocycles. The average molecular weight is 384 g/mol. The van der Waals surface area contributed by atoms with Crippen molar-refractivity contribution in [3.63, 3.8) is 0 Å². The lowest BCUT2D eigenvalue weighted by Crippen LogP contribution is -2.38. The molecule has 0 bridgehead atoms. The van der Waals surface area contributed by atoms with Crippen LogP contribution in [0.2, 0.25) is 0 Å². The maximum Gasteiger partial charge on any atom is 0.416 e. The lowest BCUT2D eigenvalue weighted by atomic mass is 10.1. The highest BCUT2D eigenvalue weighted by molar-refractivity contribution is 5.62. The van der Waals surface area contributed by atoms with Crippen LogP contribution in [0.25, 0.3) is 0 Å². The molecule has 6 nitrogen and oxygen atoms in total. The van der Waals surface area contributed by atoms with Crippen molar-refractivity contribution in [3.05, 3.63) is 56.2 Å². The van der Waals surface area contributed by atoms with Gasteiger partial charge >= 0.3 is 11.9 Å². The topological polar surface area (TPSA) is 84.1 Å². The predicted octanol–water partition coefficient (Wildman–Crippen LogP) is 2.96. The second-order valence-electron chi connectivity index (χ2n) is 6.17. The van der Waals surface area contributed by atoms with Crippen molar-refractivity contribution in [1.29, 1.82) is 0 Å². The molecule has 0 saturated heterocycles. The number of aromatic nitrogens is 2. The second-order valence-corrected chi connectivity index (χ2v) is 6.17. The normalized spacial score (nSPS) is 11.6. The summed E-state index contributed by atoms with van der Waals surface area (Å²) in [4.78, 5) is 28.0. The van der Waals surface area contributed by atoms with Gasteiger partial charge in [-0.15, -0.1) is 0 Å². The number of nitrogens with zero attached hydrogens (tertiary/aromatic N) is 2. The van der Waals surface area contributed by atoms with Crippen molar-refractivity contribution in [3.8, 4) is 0 Å². The van der Waals surface area contributed by atoms with Gasteiger partial charge in [0.2, 0.25) is 0 Å². The van der Waals surface area contributed by atoms with E-state index >= 15 is 0 Å². The van der Waals surface area contributed by atoms with Gasteiger partial charge in [-0.3, -0.25) is 14.3 Å². The van der Waals surface area contributed by atoms with Gasteiger partial charge in [0, 0.05) is 19.6 Å². The third kappa shape index (κ3) is 4.53. The number of H-pyrrole nitrogens is 1. The molecule has 0 amide bonds. The van der Waals surface area contributed by atoms with Crippen LogP contribution in [-0.2, 0) is 19.3 Å². The molecule has 2 rings (SSSR count). The summed E-state index contributed by atoms with van der Waals surface area (Å²) < 4.78 is 41.0. The largest absolute Gasteiger partial charge is 0.416 e. The summed E-state index contributed by atoms with van der Waals surface area (Å²) in [6, 6.07) is 5.19. The Kier molecular flexibility index (Phi) is 6.35. The van der Waals surface area contributed by atoms with Crippen LogP contribution in [0.5, 0.6) is 0 Å². The van der Waals surface area contributed by atoms with Gasteiger partial charge < -0.3 is 10.6 Å². The first-order chi connectivity index (χ1) is 12.7. The number of benzene rings is 1. The van der Waals surface area contributed by atoms with Crippen LogP contribution in [0.1, 0.15) is 37.8 Å². The average Bonchev–Trinajstić information content (AvgIpc) is 2.60. The minimum Gasteiger partial charge on any atom is -0.383 e. The fourth-order valence-corrected chi connectivity index (χ4v) is 2.91. The molecule has 0 spiro atoms. The number of hydrogen-bond donors (Lipinski definition) is 2. The van der Waals surface area contributed by atoms with Crippen molar-refractivity contribution >= 4 is 11.5 Å². The third-order valence-corrected chi connectivity index (χ3v) is 4.33. The lowest BCUT2D eigenvalue weighted by molar-refractivity contribution is -0.138. The summed E-state index contributed by atoms with van der Waals surface area (Å²) in [5.41, 5.74) is 3.99. The van der Waals surface area contributed by atoms with Gasteiger partial charge in [0.05, 0.1) is 5.56 Å². The van der Waals surface area contributed by atoms with Crippen LogP contribution < -0.4 is 21.9 Å². The number of rotatable bonds is 7. The Hall–Kier alpha value is -2.71. The molecule has 27 heavy (non-hydrogen) atoms. The van der Waals surface area contributed by atoms with E-state index in [9.17, 15) is 22.8 Å². The Morgan fingerprint density at radius 1 is 1.19 bits per heavy atom. The van der Waals surface area contributed by atoms with Crippen LogP contribution in [0.15, 0.2) is 33.9 Å². The van der Waals surface area contributed by atoms with E-state index in [-0.39, 0.29) is 30.2 Å². The third-order valence-electron chi connectivity index (χ3n) is 4.33. The second kappa shape index (κ2) is 8.32. The zero-order valence-corrected chi connectivity index (χ0v) is 15.3. The number of unbranched alkanes of at least 4 members (excludes halogenated alkanes) is 1. The first kappa shape index (κ1) is 20.6. The SMILES string of the molecule is CCCCn1c(N)c(N(CC)Cc2ccccc2C(F)(F)F)c(=O)[nH]c1=O. The Balaban J connectivity index is 2.51. The number of nitrogens with one attached hydrogen (secondary N) is 1. The van der Waals surface area contributed by atoms with Crippen LogP contribution in [0.4, 0.5) is 24.7 Å². The fourth-order valence-electron chi connectivity index (χ4n) is 2.91.